The molecule has 1 atom stereocenters. The second kappa shape index (κ2) is 14.0. The molecule has 0 heterocycles. The molecule has 1 unspecified atom stereocenters. The second-order valence-electron chi connectivity index (χ2n) is 6.44. The van der Waals surface area contributed by atoms with Gasteiger partial charge in [-0.05, 0) is 24.8 Å². The van der Waals surface area contributed by atoms with Gasteiger partial charge in [0.1, 0.15) is 6.10 Å². The SMILES string of the molecule is CCCCCCCCC(OCCC)C(=O)NCCc1ccccc1. The van der Waals surface area contributed by atoms with Crippen molar-refractivity contribution in [3.8, 4) is 0 Å². The van der Waals surface area contributed by atoms with E-state index in [2.05, 4.69) is 31.3 Å². The van der Waals surface area contributed by atoms with E-state index in [1.807, 2.05) is 18.2 Å². The van der Waals surface area contributed by atoms with Crippen LogP contribution in [-0.4, -0.2) is 25.2 Å². The molecule has 0 aliphatic heterocycles. The fourth-order valence-electron chi connectivity index (χ4n) is 2.75. The van der Waals surface area contributed by atoms with Crippen LogP contribution in [0, 0.1) is 0 Å². The summed E-state index contributed by atoms with van der Waals surface area (Å²) in [5, 5.41) is 3.04. The number of ether oxygens (including phenoxy) is 1. The Bertz CT molecular complexity index is 419. The summed E-state index contributed by atoms with van der Waals surface area (Å²) in [5.74, 6) is 0.0490. The van der Waals surface area contributed by atoms with Crippen molar-refractivity contribution in [2.24, 2.45) is 0 Å². The molecule has 0 bridgehead atoms. The molecule has 1 aromatic carbocycles. The maximum Gasteiger partial charge on any atom is 0.249 e. The van der Waals surface area contributed by atoms with Crippen molar-refractivity contribution in [1.82, 2.24) is 5.32 Å². The quantitative estimate of drug-likeness (QED) is 0.492. The van der Waals surface area contributed by atoms with Gasteiger partial charge < -0.3 is 10.1 Å². The minimum atomic E-state index is -0.285. The zero-order chi connectivity index (χ0) is 17.5. The fraction of sp³-hybridized carbons (Fsp3) is 0.667. The van der Waals surface area contributed by atoms with Crippen LogP contribution in [-0.2, 0) is 16.0 Å². The molecular weight excluding hydrogens is 298 g/mol. The van der Waals surface area contributed by atoms with E-state index in [0.29, 0.717) is 13.2 Å². The minimum absolute atomic E-state index is 0.0490. The Morgan fingerprint density at radius 3 is 2.42 bits per heavy atom. The molecule has 0 saturated carbocycles. The van der Waals surface area contributed by atoms with Crippen LogP contribution in [0.1, 0.15) is 70.8 Å². The van der Waals surface area contributed by atoms with Crippen molar-refractivity contribution in [2.45, 2.75) is 77.7 Å². The summed E-state index contributed by atoms with van der Waals surface area (Å²) in [7, 11) is 0. The van der Waals surface area contributed by atoms with E-state index in [1.54, 1.807) is 0 Å². The van der Waals surface area contributed by atoms with Crippen LogP contribution in [0.3, 0.4) is 0 Å². The molecule has 1 N–H and O–H groups in total. The lowest BCUT2D eigenvalue weighted by Gasteiger charge is -2.17. The van der Waals surface area contributed by atoms with Gasteiger partial charge in [0.25, 0.3) is 0 Å². The summed E-state index contributed by atoms with van der Waals surface area (Å²) in [6.45, 7) is 5.64. The number of hydrogen-bond donors (Lipinski definition) is 1. The standard InChI is InChI=1S/C21H35NO2/c1-3-5-6-7-8-12-15-20(24-18-4-2)21(23)22-17-16-19-13-10-9-11-14-19/h9-11,13-14,20H,3-8,12,15-18H2,1-2H3,(H,22,23). The van der Waals surface area contributed by atoms with Crippen LogP contribution in [0.2, 0.25) is 0 Å². The van der Waals surface area contributed by atoms with Gasteiger partial charge in [-0.3, -0.25) is 4.79 Å². The molecule has 1 rings (SSSR count). The largest absolute Gasteiger partial charge is 0.368 e. The number of unbranched alkanes of at least 4 members (excludes halogenated alkanes) is 5. The van der Waals surface area contributed by atoms with Gasteiger partial charge in [0.2, 0.25) is 5.91 Å². The average Bonchev–Trinajstić information content (AvgIpc) is 2.61. The van der Waals surface area contributed by atoms with Gasteiger partial charge in [-0.15, -0.1) is 0 Å². The van der Waals surface area contributed by atoms with Crippen molar-refractivity contribution >= 4 is 5.91 Å². The Labute approximate surface area is 148 Å². The number of carbonyl (C=O) groups is 1. The first-order chi connectivity index (χ1) is 11.8. The first kappa shape index (κ1) is 20.7. The Morgan fingerprint density at radius 1 is 1.00 bits per heavy atom. The summed E-state index contributed by atoms with van der Waals surface area (Å²) in [6.07, 6.45) is 9.80. The van der Waals surface area contributed by atoms with Gasteiger partial charge in [-0.2, -0.15) is 0 Å². The van der Waals surface area contributed by atoms with E-state index < -0.39 is 0 Å². The molecule has 0 aromatic heterocycles. The van der Waals surface area contributed by atoms with Gasteiger partial charge in [0, 0.05) is 13.2 Å². The van der Waals surface area contributed by atoms with Crippen molar-refractivity contribution in [3.63, 3.8) is 0 Å². The van der Waals surface area contributed by atoms with Crippen molar-refractivity contribution in [3.05, 3.63) is 35.9 Å². The second-order valence-corrected chi connectivity index (χ2v) is 6.44. The molecule has 0 saturated heterocycles. The number of rotatable bonds is 14. The van der Waals surface area contributed by atoms with Crippen molar-refractivity contribution in [1.29, 1.82) is 0 Å². The Morgan fingerprint density at radius 2 is 1.71 bits per heavy atom. The lowest BCUT2D eigenvalue weighted by atomic mass is 10.1. The lowest BCUT2D eigenvalue weighted by molar-refractivity contribution is -0.133. The van der Waals surface area contributed by atoms with Gasteiger partial charge in [0.05, 0.1) is 0 Å². The molecule has 0 aliphatic carbocycles. The van der Waals surface area contributed by atoms with E-state index in [0.717, 1.165) is 25.7 Å². The summed E-state index contributed by atoms with van der Waals surface area (Å²) in [5.41, 5.74) is 1.25. The van der Waals surface area contributed by atoms with Crippen LogP contribution in [0.5, 0.6) is 0 Å². The van der Waals surface area contributed by atoms with Crippen LogP contribution in [0.15, 0.2) is 30.3 Å². The summed E-state index contributed by atoms with van der Waals surface area (Å²) in [4.78, 5) is 12.4. The van der Waals surface area contributed by atoms with Gasteiger partial charge in [0.15, 0.2) is 0 Å². The lowest BCUT2D eigenvalue weighted by Crippen LogP contribution is -2.37. The van der Waals surface area contributed by atoms with Crippen LogP contribution >= 0.6 is 0 Å². The molecule has 0 fully saturated rings. The maximum atomic E-state index is 12.4. The summed E-state index contributed by atoms with van der Waals surface area (Å²) in [6, 6.07) is 10.3. The molecule has 0 radical (unpaired) electrons. The first-order valence-electron chi connectivity index (χ1n) is 9.71. The van der Waals surface area contributed by atoms with Crippen LogP contribution < -0.4 is 5.32 Å². The first-order valence-corrected chi connectivity index (χ1v) is 9.71. The molecule has 0 aliphatic rings. The molecule has 136 valence electrons. The third-order valence-corrected chi connectivity index (χ3v) is 4.19. The highest BCUT2D eigenvalue weighted by atomic mass is 16.5. The highest BCUT2D eigenvalue weighted by Crippen LogP contribution is 2.11. The topological polar surface area (TPSA) is 38.3 Å². The third kappa shape index (κ3) is 9.71. The van der Waals surface area contributed by atoms with Gasteiger partial charge in [-0.1, -0.05) is 82.7 Å². The zero-order valence-electron chi connectivity index (χ0n) is 15.6. The molecule has 1 aromatic rings. The van der Waals surface area contributed by atoms with E-state index in [-0.39, 0.29) is 12.0 Å². The maximum absolute atomic E-state index is 12.4. The predicted molar refractivity (Wildman–Crippen MR) is 101 cm³/mol. The smallest absolute Gasteiger partial charge is 0.249 e. The van der Waals surface area contributed by atoms with Gasteiger partial charge >= 0.3 is 0 Å². The van der Waals surface area contributed by atoms with E-state index in [1.165, 1.54) is 37.7 Å². The summed E-state index contributed by atoms with van der Waals surface area (Å²) >= 11 is 0. The number of hydrogen-bond acceptors (Lipinski definition) is 2. The van der Waals surface area contributed by atoms with Crippen LogP contribution in [0.25, 0.3) is 0 Å². The minimum Gasteiger partial charge on any atom is -0.368 e. The third-order valence-electron chi connectivity index (χ3n) is 4.19. The molecule has 3 nitrogen and oxygen atoms in total. The number of nitrogens with one attached hydrogen (secondary N) is 1. The normalized spacial score (nSPS) is 12.1. The Kier molecular flexibility index (Phi) is 12.1. The van der Waals surface area contributed by atoms with Crippen molar-refractivity contribution < 1.29 is 9.53 Å². The van der Waals surface area contributed by atoms with E-state index in [9.17, 15) is 4.79 Å². The summed E-state index contributed by atoms with van der Waals surface area (Å²) < 4.78 is 5.77. The highest BCUT2D eigenvalue weighted by molar-refractivity contribution is 5.80. The number of benzene rings is 1. The molecule has 3 heteroatoms. The predicted octanol–water partition coefficient (Wildman–Crippen LogP) is 4.89. The Hall–Kier alpha value is -1.35. The average molecular weight is 334 g/mol. The number of amides is 1. The molecular formula is C21H35NO2. The monoisotopic (exact) mass is 333 g/mol. The molecule has 0 spiro atoms. The van der Waals surface area contributed by atoms with Gasteiger partial charge in [-0.25, -0.2) is 0 Å². The number of carbonyl (C=O) groups excluding carboxylic acids is 1. The fourth-order valence-corrected chi connectivity index (χ4v) is 2.75. The highest BCUT2D eigenvalue weighted by Gasteiger charge is 2.17. The Balaban J connectivity index is 2.26. The van der Waals surface area contributed by atoms with Crippen molar-refractivity contribution in [2.75, 3.05) is 13.2 Å². The molecule has 1 amide bonds. The van der Waals surface area contributed by atoms with Crippen LogP contribution in [0.4, 0.5) is 0 Å². The van der Waals surface area contributed by atoms with E-state index in [4.69, 9.17) is 4.74 Å². The van der Waals surface area contributed by atoms with E-state index >= 15 is 0 Å². The zero-order valence-corrected chi connectivity index (χ0v) is 15.6. The molecule has 24 heavy (non-hydrogen) atoms.